The summed E-state index contributed by atoms with van der Waals surface area (Å²) in [5.74, 6) is 0.483. The summed E-state index contributed by atoms with van der Waals surface area (Å²) in [6.45, 7) is 5.65. The first kappa shape index (κ1) is 12.9. The van der Waals surface area contributed by atoms with Gasteiger partial charge in [-0.1, -0.05) is 6.07 Å². The van der Waals surface area contributed by atoms with Crippen LogP contribution in [0.3, 0.4) is 0 Å². The predicted molar refractivity (Wildman–Crippen MR) is 64.3 cm³/mol. The SMILES string of the molecule is Cc1ccc(S(=O)CCC(C)(C)C#N)nc1. The van der Waals surface area contributed by atoms with Gasteiger partial charge in [-0.05, 0) is 38.8 Å². The molecule has 0 aliphatic heterocycles. The minimum atomic E-state index is -1.10. The quantitative estimate of drug-likeness (QED) is 0.806. The Morgan fingerprint density at radius 1 is 1.50 bits per heavy atom. The molecule has 0 saturated heterocycles. The van der Waals surface area contributed by atoms with E-state index < -0.39 is 16.2 Å². The summed E-state index contributed by atoms with van der Waals surface area (Å²) in [7, 11) is -1.10. The number of nitrogens with zero attached hydrogens (tertiary/aromatic N) is 2. The highest BCUT2D eigenvalue weighted by molar-refractivity contribution is 7.84. The van der Waals surface area contributed by atoms with Crippen LogP contribution >= 0.6 is 0 Å². The van der Waals surface area contributed by atoms with Gasteiger partial charge in [-0.15, -0.1) is 0 Å². The van der Waals surface area contributed by atoms with Crippen LogP contribution in [-0.2, 0) is 10.8 Å². The minimum Gasteiger partial charge on any atom is -0.253 e. The molecule has 1 aromatic rings. The third-order valence-electron chi connectivity index (χ3n) is 2.33. The molecule has 0 aromatic carbocycles. The second kappa shape index (κ2) is 5.22. The van der Waals surface area contributed by atoms with Gasteiger partial charge in [0.2, 0.25) is 0 Å². The van der Waals surface area contributed by atoms with Crippen LogP contribution in [0.15, 0.2) is 23.4 Å². The standard InChI is InChI=1S/C12H16N2OS/c1-10-4-5-11(14-8-10)16(15)7-6-12(2,3)9-13/h4-5,8H,6-7H2,1-3H3. The summed E-state index contributed by atoms with van der Waals surface area (Å²) in [5.41, 5.74) is 0.637. The van der Waals surface area contributed by atoms with Gasteiger partial charge in [-0.3, -0.25) is 4.21 Å². The summed E-state index contributed by atoms with van der Waals surface area (Å²) < 4.78 is 11.9. The third kappa shape index (κ3) is 3.74. The van der Waals surface area contributed by atoms with E-state index in [1.807, 2.05) is 26.8 Å². The van der Waals surface area contributed by atoms with Gasteiger partial charge in [0.25, 0.3) is 0 Å². The lowest BCUT2D eigenvalue weighted by Gasteiger charge is -2.13. The molecular weight excluding hydrogens is 220 g/mol. The first-order valence-corrected chi connectivity index (χ1v) is 6.49. The van der Waals surface area contributed by atoms with E-state index in [4.69, 9.17) is 5.26 Å². The number of pyridine rings is 1. The molecule has 0 amide bonds. The fourth-order valence-corrected chi connectivity index (χ4v) is 2.39. The first-order chi connectivity index (χ1) is 7.44. The maximum Gasteiger partial charge on any atom is 0.127 e. The zero-order valence-corrected chi connectivity index (χ0v) is 10.7. The Morgan fingerprint density at radius 2 is 2.19 bits per heavy atom. The van der Waals surface area contributed by atoms with Crippen LogP contribution in [0, 0.1) is 23.7 Å². The molecule has 86 valence electrons. The minimum absolute atomic E-state index is 0.416. The lowest BCUT2D eigenvalue weighted by Crippen LogP contribution is -2.13. The molecule has 0 spiro atoms. The van der Waals surface area contributed by atoms with Crippen molar-refractivity contribution < 1.29 is 4.21 Å². The Kier molecular flexibility index (Phi) is 4.19. The first-order valence-electron chi connectivity index (χ1n) is 5.17. The molecule has 16 heavy (non-hydrogen) atoms. The fourth-order valence-electron chi connectivity index (χ4n) is 1.10. The van der Waals surface area contributed by atoms with Gasteiger partial charge < -0.3 is 0 Å². The van der Waals surface area contributed by atoms with Crippen molar-refractivity contribution in [2.75, 3.05) is 5.75 Å². The molecule has 0 fully saturated rings. The van der Waals surface area contributed by atoms with E-state index in [1.54, 1.807) is 12.3 Å². The Balaban J connectivity index is 2.61. The van der Waals surface area contributed by atoms with Crippen molar-refractivity contribution >= 4 is 10.8 Å². The smallest absolute Gasteiger partial charge is 0.127 e. The highest BCUT2D eigenvalue weighted by atomic mass is 32.2. The van der Waals surface area contributed by atoms with Crippen LogP contribution in [0.1, 0.15) is 25.8 Å². The largest absolute Gasteiger partial charge is 0.253 e. The fraction of sp³-hybridized carbons (Fsp3) is 0.500. The van der Waals surface area contributed by atoms with Crippen molar-refractivity contribution in [2.24, 2.45) is 5.41 Å². The van der Waals surface area contributed by atoms with Crippen molar-refractivity contribution in [1.82, 2.24) is 4.98 Å². The van der Waals surface area contributed by atoms with Crippen molar-refractivity contribution in [3.8, 4) is 6.07 Å². The van der Waals surface area contributed by atoms with Gasteiger partial charge >= 0.3 is 0 Å². The van der Waals surface area contributed by atoms with E-state index in [2.05, 4.69) is 11.1 Å². The highest BCUT2D eigenvalue weighted by Crippen LogP contribution is 2.20. The molecule has 1 aromatic heterocycles. The Hall–Kier alpha value is -1.21. The van der Waals surface area contributed by atoms with Gasteiger partial charge in [0, 0.05) is 11.9 Å². The number of aromatic nitrogens is 1. The van der Waals surface area contributed by atoms with Crippen LogP contribution in [-0.4, -0.2) is 14.9 Å². The molecule has 0 bridgehead atoms. The summed E-state index contributed by atoms with van der Waals surface area (Å²) in [5, 5.41) is 9.45. The Bertz CT molecular complexity index is 418. The van der Waals surface area contributed by atoms with Gasteiger partial charge in [-0.25, -0.2) is 4.98 Å². The summed E-state index contributed by atoms with van der Waals surface area (Å²) in [6, 6.07) is 5.88. The van der Waals surface area contributed by atoms with E-state index in [0.717, 1.165) is 5.56 Å². The van der Waals surface area contributed by atoms with Crippen LogP contribution < -0.4 is 0 Å². The number of hydrogen-bond donors (Lipinski definition) is 0. The maximum atomic E-state index is 11.9. The van der Waals surface area contributed by atoms with E-state index in [0.29, 0.717) is 17.2 Å². The number of nitriles is 1. The summed E-state index contributed by atoms with van der Waals surface area (Å²) in [4.78, 5) is 4.12. The zero-order valence-electron chi connectivity index (χ0n) is 9.86. The molecule has 1 heterocycles. The van der Waals surface area contributed by atoms with E-state index in [1.165, 1.54) is 0 Å². The van der Waals surface area contributed by atoms with Crippen molar-refractivity contribution in [2.45, 2.75) is 32.2 Å². The summed E-state index contributed by atoms with van der Waals surface area (Å²) >= 11 is 0. The molecule has 0 saturated carbocycles. The van der Waals surface area contributed by atoms with Crippen molar-refractivity contribution in [3.63, 3.8) is 0 Å². The monoisotopic (exact) mass is 236 g/mol. The molecule has 3 nitrogen and oxygen atoms in total. The van der Waals surface area contributed by atoms with Gasteiger partial charge in [-0.2, -0.15) is 5.26 Å². The van der Waals surface area contributed by atoms with Crippen LogP contribution in [0.4, 0.5) is 0 Å². The highest BCUT2D eigenvalue weighted by Gasteiger charge is 2.18. The molecular formula is C12H16N2OS. The normalized spacial score (nSPS) is 13.1. The molecule has 1 atom stereocenters. The Morgan fingerprint density at radius 3 is 2.69 bits per heavy atom. The van der Waals surface area contributed by atoms with Crippen LogP contribution in [0.2, 0.25) is 0 Å². The maximum absolute atomic E-state index is 11.9. The van der Waals surface area contributed by atoms with E-state index >= 15 is 0 Å². The Labute approximate surface area is 99.0 Å². The zero-order chi connectivity index (χ0) is 12.2. The van der Waals surface area contributed by atoms with Crippen LogP contribution in [0.25, 0.3) is 0 Å². The van der Waals surface area contributed by atoms with Gasteiger partial charge in [0.05, 0.1) is 22.3 Å². The molecule has 0 aliphatic carbocycles. The number of hydrogen-bond acceptors (Lipinski definition) is 3. The van der Waals surface area contributed by atoms with Gasteiger partial charge in [0.1, 0.15) is 5.03 Å². The molecule has 0 radical (unpaired) electrons. The lowest BCUT2D eigenvalue weighted by atomic mass is 9.93. The topological polar surface area (TPSA) is 53.8 Å². The van der Waals surface area contributed by atoms with Crippen LogP contribution in [0.5, 0.6) is 0 Å². The lowest BCUT2D eigenvalue weighted by molar-refractivity contribution is 0.479. The predicted octanol–water partition coefficient (Wildman–Crippen LogP) is 2.44. The van der Waals surface area contributed by atoms with Crippen molar-refractivity contribution in [1.29, 1.82) is 5.26 Å². The number of rotatable bonds is 4. The average molecular weight is 236 g/mol. The second-order valence-corrected chi connectivity index (χ2v) is 5.99. The molecule has 1 unspecified atom stereocenters. The molecule has 0 N–H and O–H groups in total. The molecule has 4 heteroatoms. The third-order valence-corrected chi connectivity index (χ3v) is 3.62. The number of aryl methyl sites for hydroxylation is 1. The van der Waals surface area contributed by atoms with E-state index in [9.17, 15) is 4.21 Å². The van der Waals surface area contributed by atoms with Crippen molar-refractivity contribution in [3.05, 3.63) is 23.9 Å². The average Bonchev–Trinajstić information content (AvgIpc) is 2.27. The van der Waals surface area contributed by atoms with E-state index in [-0.39, 0.29) is 0 Å². The molecule has 0 aliphatic rings. The summed E-state index contributed by atoms with van der Waals surface area (Å²) in [6.07, 6.45) is 2.33. The van der Waals surface area contributed by atoms with Gasteiger partial charge in [0.15, 0.2) is 0 Å². The second-order valence-electron chi connectivity index (χ2n) is 4.47. The molecule has 1 rings (SSSR count).